The number of hydrogen-bond donors (Lipinski definition) is 0. The van der Waals surface area contributed by atoms with Gasteiger partial charge in [-0.15, -0.1) is 0 Å². The van der Waals surface area contributed by atoms with Gasteiger partial charge in [-0.05, 0) is 82.4 Å². The zero-order chi connectivity index (χ0) is 26.2. The average Bonchev–Trinajstić information content (AvgIpc) is 3.35. The number of nitriles is 1. The second-order valence-electron chi connectivity index (χ2n) is 9.61. The van der Waals surface area contributed by atoms with Crippen molar-refractivity contribution in [3.63, 3.8) is 0 Å². The maximum absolute atomic E-state index is 9.85. The number of aromatic nitrogens is 2. The zero-order valence-corrected chi connectivity index (χ0v) is 21.1. The molecular weight excluding hydrogens is 474 g/mol. The molecule has 5 aromatic carbocycles. The Bertz CT molecular complexity index is 1900. The van der Waals surface area contributed by atoms with Crippen LogP contribution in [-0.4, -0.2) is 9.55 Å². The number of rotatable bonds is 4. The summed E-state index contributed by atoms with van der Waals surface area (Å²) in [6, 6.07) is 46.7. The second-order valence-corrected chi connectivity index (χ2v) is 9.61. The van der Waals surface area contributed by atoms with Crippen LogP contribution in [0.2, 0.25) is 0 Å². The predicted octanol–water partition coefficient (Wildman–Crippen LogP) is 9.05. The summed E-state index contributed by atoms with van der Waals surface area (Å²) in [6.07, 6.45) is 3.53. The first-order chi connectivity index (χ1) is 19.3. The zero-order valence-electron chi connectivity index (χ0n) is 21.1. The SMILES string of the molecule is N#Cc1ccc(-n2c3ccc(-c4ccccc4)cc3c3cc(-c4ccccc4)ccc32)cc1-c1ccncc1. The molecule has 2 heterocycles. The minimum absolute atomic E-state index is 0.642. The highest BCUT2D eigenvalue weighted by Crippen LogP contribution is 2.38. The molecule has 0 radical (unpaired) electrons. The highest BCUT2D eigenvalue weighted by Gasteiger charge is 2.16. The van der Waals surface area contributed by atoms with Crippen LogP contribution in [0.1, 0.15) is 5.56 Å². The van der Waals surface area contributed by atoms with Gasteiger partial charge in [0.05, 0.1) is 22.7 Å². The van der Waals surface area contributed by atoms with E-state index < -0.39 is 0 Å². The molecule has 39 heavy (non-hydrogen) atoms. The first-order valence-corrected chi connectivity index (χ1v) is 12.9. The Balaban J connectivity index is 1.51. The molecule has 3 nitrogen and oxygen atoms in total. The molecule has 0 aliphatic rings. The summed E-state index contributed by atoms with van der Waals surface area (Å²) in [4.78, 5) is 4.16. The summed E-state index contributed by atoms with van der Waals surface area (Å²) in [5, 5.41) is 12.2. The van der Waals surface area contributed by atoms with Gasteiger partial charge in [0.25, 0.3) is 0 Å². The Hall–Kier alpha value is -5.46. The van der Waals surface area contributed by atoms with E-state index in [2.05, 4.69) is 107 Å². The third-order valence-corrected chi connectivity index (χ3v) is 7.35. The van der Waals surface area contributed by atoms with Crippen molar-refractivity contribution in [1.29, 1.82) is 5.26 Å². The summed E-state index contributed by atoms with van der Waals surface area (Å²) in [5.74, 6) is 0. The summed E-state index contributed by atoms with van der Waals surface area (Å²) >= 11 is 0. The van der Waals surface area contributed by atoms with Gasteiger partial charge >= 0.3 is 0 Å². The molecule has 0 fully saturated rings. The van der Waals surface area contributed by atoms with Crippen LogP contribution in [0.15, 0.2) is 140 Å². The fourth-order valence-corrected chi connectivity index (χ4v) is 5.46. The molecule has 7 rings (SSSR count). The Morgan fingerprint density at radius 1 is 0.513 bits per heavy atom. The molecular formula is C36H23N3. The van der Waals surface area contributed by atoms with E-state index in [-0.39, 0.29) is 0 Å². The lowest BCUT2D eigenvalue weighted by Gasteiger charge is -2.12. The predicted molar refractivity (Wildman–Crippen MR) is 160 cm³/mol. The molecule has 0 bridgehead atoms. The van der Waals surface area contributed by atoms with Crippen molar-refractivity contribution in [3.05, 3.63) is 145 Å². The minimum Gasteiger partial charge on any atom is -0.309 e. The third kappa shape index (κ3) is 3.96. The molecule has 0 saturated carbocycles. The van der Waals surface area contributed by atoms with E-state index in [0.29, 0.717) is 5.56 Å². The quantitative estimate of drug-likeness (QED) is 0.243. The highest BCUT2D eigenvalue weighted by molar-refractivity contribution is 6.11. The van der Waals surface area contributed by atoms with Crippen LogP contribution >= 0.6 is 0 Å². The van der Waals surface area contributed by atoms with Gasteiger partial charge in [-0.2, -0.15) is 5.26 Å². The summed E-state index contributed by atoms with van der Waals surface area (Å²) in [7, 11) is 0. The Morgan fingerprint density at radius 2 is 1.08 bits per heavy atom. The van der Waals surface area contributed by atoms with E-state index in [4.69, 9.17) is 0 Å². The lowest BCUT2D eigenvalue weighted by atomic mass is 10.0. The maximum Gasteiger partial charge on any atom is 0.0998 e. The fourth-order valence-electron chi connectivity index (χ4n) is 5.46. The van der Waals surface area contributed by atoms with E-state index >= 15 is 0 Å². The molecule has 0 saturated heterocycles. The normalized spacial score (nSPS) is 11.1. The molecule has 182 valence electrons. The van der Waals surface area contributed by atoms with E-state index in [9.17, 15) is 5.26 Å². The van der Waals surface area contributed by atoms with Crippen LogP contribution in [0.5, 0.6) is 0 Å². The monoisotopic (exact) mass is 497 g/mol. The van der Waals surface area contributed by atoms with E-state index in [1.54, 1.807) is 12.4 Å². The fraction of sp³-hybridized carbons (Fsp3) is 0. The molecule has 3 heteroatoms. The molecule has 0 atom stereocenters. The van der Waals surface area contributed by atoms with Crippen LogP contribution in [-0.2, 0) is 0 Å². The van der Waals surface area contributed by atoms with Gasteiger partial charge in [0.15, 0.2) is 0 Å². The number of hydrogen-bond acceptors (Lipinski definition) is 2. The largest absolute Gasteiger partial charge is 0.309 e. The van der Waals surface area contributed by atoms with E-state index in [1.807, 2.05) is 36.4 Å². The van der Waals surface area contributed by atoms with Gasteiger partial charge in [0, 0.05) is 34.4 Å². The highest BCUT2D eigenvalue weighted by atomic mass is 15.0. The molecule has 0 aliphatic heterocycles. The number of benzene rings is 5. The van der Waals surface area contributed by atoms with Gasteiger partial charge in [-0.1, -0.05) is 72.8 Å². The van der Waals surface area contributed by atoms with E-state index in [1.165, 1.54) is 33.0 Å². The molecule has 7 aromatic rings. The molecule has 0 aliphatic carbocycles. The smallest absolute Gasteiger partial charge is 0.0998 e. The first-order valence-electron chi connectivity index (χ1n) is 12.9. The number of nitrogens with zero attached hydrogens (tertiary/aromatic N) is 3. The van der Waals surface area contributed by atoms with Gasteiger partial charge in [-0.3, -0.25) is 4.98 Å². The second kappa shape index (κ2) is 9.45. The molecule has 0 amide bonds. The van der Waals surface area contributed by atoms with Gasteiger partial charge in [0.1, 0.15) is 0 Å². The number of fused-ring (bicyclic) bond motifs is 3. The van der Waals surface area contributed by atoms with Crippen molar-refractivity contribution in [3.8, 4) is 45.1 Å². The Morgan fingerprint density at radius 3 is 1.62 bits per heavy atom. The van der Waals surface area contributed by atoms with Crippen molar-refractivity contribution in [2.75, 3.05) is 0 Å². The van der Waals surface area contributed by atoms with Crippen molar-refractivity contribution in [2.45, 2.75) is 0 Å². The first kappa shape index (κ1) is 22.7. The van der Waals surface area contributed by atoms with Crippen LogP contribution in [0.4, 0.5) is 0 Å². The summed E-state index contributed by atoms with van der Waals surface area (Å²) in [6.45, 7) is 0. The lowest BCUT2D eigenvalue weighted by molar-refractivity contribution is 1.18. The molecule has 0 spiro atoms. The maximum atomic E-state index is 9.85. The van der Waals surface area contributed by atoms with Crippen LogP contribution in [0.3, 0.4) is 0 Å². The third-order valence-electron chi connectivity index (χ3n) is 7.35. The van der Waals surface area contributed by atoms with Crippen LogP contribution in [0, 0.1) is 11.3 Å². The van der Waals surface area contributed by atoms with Crippen molar-refractivity contribution in [2.24, 2.45) is 0 Å². The molecule has 0 unspecified atom stereocenters. The van der Waals surface area contributed by atoms with Gasteiger partial charge < -0.3 is 4.57 Å². The topological polar surface area (TPSA) is 41.6 Å². The molecule has 2 aromatic heterocycles. The number of pyridine rings is 1. The Kier molecular flexibility index (Phi) is 5.50. The summed E-state index contributed by atoms with van der Waals surface area (Å²) < 4.78 is 2.31. The molecule has 0 N–H and O–H groups in total. The van der Waals surface area contributed by atoms with Crippen molar-refractivity contribution < 1.29 is 0 Å². The van der Waals surface area contributed by atoms with Crippen LogP contribution < -0.4 is 0 Å². The van der Waals surface area contributed by atoms with Crippen molar-refractivity contribution >= 4 is 21.8 Å². The van der Waals surface area contributed by atoms with E-state index in [0.717, 1.165) is 27.8 Å². The summed E-state index contributed by atoms with van der Waals surface area (Å²) in [5.41, 5.74) is 10.5. The average molecular weight is 498 g/mol. The van der Waals surface area contributed by atoms with Crippen molar-refractivity contribution in [1.82, 2.24) is 9.55 Å². The lowest BCUT2D eigenvalue weighted by Crippen LogP contribution is -1.96. The standard InChI is InChI=1S/C36H23N3/c37-24-30-11-14-31(23-32(30)27-17-19-38-20-18-27)39-35-15-12-28(25-7-3-1-4-8-25)21-33(35)34-22-29(13-16-36(34)39)26-9-5-2-6-10-26/h1-23H. The minimum atomic E-state index is 0.642. The Labute approximate surface area is 226 Å². The van der Waals surface area contributed by atoms with Crippen LogP contribution in [0.25, 0.3) is 60.9 Å². The van der Waals surface area contributed by atoms with Gasteiger partial charge in [0.2, 0.25) is 0 Å². The van der Waals surface area contributed by atoms with Gasteiger partial charge in [-0.25, -0.2) is 0 Å².